The van der Waals surface area contributed by atoms with Crippen LogP contribution in [0.1, 0.15) is 41.5 Å². The summed E-state index contributed by atoms with van der Waals surface area (Å²) in [6.45, 7) is 12.4. The standard InChI is InChI=1S/C13H24OS/c1-12(2,3)10(14)8-9-11(15-7)13(4,5)6/h8-9,11H,1-7H3/b9-8+. The second-order valence-electron chi connectivity index (χ2n) is 6.00. The van der Waals surface area contributed by atoms with E-state index in [0.717, 1.165) is 0 Å². The predicted molar refractivity (Wildman–Crippen MR) is 70.4 cm³/mol. The van der Waals surface area contributed by atoms with Crippen molar-refractivity contribution in [2.75, 3.05) is 6.26 Å². The first kappa shape index (κ1) is 14.8. The third-order valence-corrected chi connectivity index (χ3v) is 3.64. The maximum Gasteiger partial charge on any atom is 0.160 e. The van der Waals surface area contributed by atoms with E-state index in [2.05, 4.69) is 27.0 Å². The molecule has 0 bridgehead atoms. The lowest BCUT2D eigenvalue weighted by molar-refractivity contribution is -0.121. The fourth-order valence-corrected chi connectivity index (χ4v) is 2.09. The Labute approximate surface area is 98.7 Å². The van der Waals surface area contributed by atoms with Crippen LogP contribution in [-0.4, -0.2) is 17.3 Å². The summed E-state index contributed by atoms with van der Waals surface area (Å²) in [5.41, 5.74) is -0.0641. The van der Waals surface area contributed by atoms with E-state index in [1.807, 2.05) is 26.8 Å². The molecule has 0 saturated carbocycles. The average molecular weight is 228 g/mol. The average Bonchev–Trinajstić information content (AvgIpc) is 2.00. The van der Waals surface area contributed by atoms with Gasteiger partial charge in [0.15, 0.2) is 5.78 Å². The molecule has 0 radical (unpaired) electrons. The lowest BCUT2D eigenvalue weighted by atomic mass is 9.88. The molecule has 0 fully saturated rings. The second-order valence-corrected chi connectivity index (χ2v) is 6.97. The number of ketones is 1. The van der Waals surface area contributed by atoms with Gasteiger partial charge < -0.3 is 0 Å². The van der Waals surface area contributed by atoms with E-state index >= 15 is 0 Å². The first-order valence-corrected chi connectivity index (χ1v) is 6.63. The smallest absolute Gasteiger partial charge is 0.160 e. The van der Waals surface area contributed by atoms with Gasteiger partial charge in [-0.2, -0.15) is 11.8 Å². The van der Waals surface area contributed by atoms with Gasteiger partial charge in [0.2, 0.25) is 0 Å². The molecule has 0 aliphatic heterocycles. The first-order chi connectivity index (χ1) is 6.59. The van der Waals surface area contributed by atoms with E-state index in [1.165, 1.54) is 0 Å². The van der Waals surface area contributed by atoms with Gasteiger partial charge in [-0.25, -0.2) is 0 Å². The van der Waals surface area contributed by atoms with Crippen molar-refractivity contribution in [1.82, 2.24) is 0 Å². The van der Waals surface area contributed by atoms with Crippen LogP contribution in [-0.2, 0) is 4.79 Å². The molecule has 15 heavy (non-hydrogen) atoms. The molecule has 0 aliphatic carbocycles. The Balaban J connectivity index is 4.58. The minimum atomic E-state index is -0.267. The summed E-state index contributed by atoms with van der Waals surface area (Å²) in [5.74, 6) is 0.200. The lowest BCUT2D eigenvalue weighted by Crippen LogP contribution is -2.22. The van der Waals surface area contributed by atoms with Crippen molar-refractivity contribution in [3.63, 3.8) is 0 Å². The van der Waals surface area contributed by atoms with Gasteiger partial charge in [-0.05, 0) is 17.7 Å². The molecule has 0 heterocycles. The van der Waals surface area contributed by atoms with E-state index in [9.17, 15) is 4.79 Å². The van der Waals surface area contributed by atoms with E-state index in [0.29, 0.717) is 5.25 Å². The number of rotatable bonds is 3. The van der Waals surface area contributed by atoms with Crippen LogP contribution in [0.3, 0.4) is 0 Å². The predicted octanol–water partition coefficient (Wildman–Crippen LogP) is 3.94. The van der Waals surface area contributed by atoms with Crippen LogP contribution in [0, 0.1) is 10.8 Å². The Morgan fingerprint density at radius 3 is 1.87 bits per heavy atom. The summed E-state index contributed by atoms with van der Waals surface area (Å²) >= 11 is 1.79. The van der Waals surface area contributed by atoms with Crippen LogP contribution in [0.25, 0.3) is 0 Å². The van der Waals surface area contributed by atoms with Crippen molar-refractivity contribution >= 4 is 17.5 Å². The van der Waals surface area contributed by atoms with Gasteiger partial charge in [0.25, 0.3) is 0 Å². The van der Waals surface area contributed by atoms with Gasteiger partial charge in [-0.3, -0.25) is 4.79 Å². The van der Waals surface area contributed by atoms with Crippen LogP contribution >= 0.6 is 11.8 Å². The zero-order valence-corrected chi connectivity index (χ0v) is 11.9. The number of carbonyl (C=O) groups excluding carboxylic acids is 1. The highest BCUT2D eigenvalue weighted by molar-refractivity contribution is 7.99. The molecular weight excluding hydrogens is 204 g/mol. The fraction of sp³-hybridized carbons (Fsp3) is 0.769. The normalized spacial score (nSPS) is 15.7. The maximum atomic E-state index is 11.7. The molecule has 0 spiro atoms. The molecule has 1 nitrogen and oxygen atoms in total. The summed E-state index contributed by atoms with van der Waals surface area (Å²) in [5, 5.41) is 0.392. The molecule has 1 atom stereocenters. The molecule has 0 aromatic carbocycles. The topological polar surface area (TPSA) is 17.1 Å². The van der Waals surface area contributed by atoms with Crippen LogP contribution < -0.4 is 0 Å². The van der Waals surface area contributed by atoms with Crippen LogP contribution in [0.15, 0.2) is 12.2 Å². The Kier molecular flexibility index (Phi) is 5.12. The Morgan fingerprint density at radius 2 is 1.60 bits per heavy atom. The second kappa shape index (κ2) is 5.20. The molecule has 0 amide bonds. The summed E-state index contributed by atoms with van der Waals surface area (Å²) in [7, 11) is 0. The van der Waals surface area contributed by atoms with E-state index in [-0.39, 0.29) is 16.6 Å². The van der Waals surface area contributed by atoms with E-state index in [4.69, 9.17) is 0 Å². The third kappa shape index (κ3) is 5.41. The maximum absolute atomic E-state index is 11.7. The molecule has 88 valence electrons. The van der Waals surface area contributed by atoms with Crippen molar-refractivity contribution < 1.29 is 4.79 Å². The minimum absolute atomic E-state index is 0.200. The van der Waals surface area contributed by atoms with Gasteiger partial charge in [0.1, 0.15) is 0 Å². The Morgan fingerprint density at radius 1 is 1.13 bits per heavy atom. The van der Waals surface area contributed by atoms with Crippen LogP contribution in [0.4, 0.5) is 0 Å². The molecule has 0 N–H and O–H groups in total. The minimum Gasteiger partial charge on any atom is -0.294 e. The van der Waals surface area contributed by atoms with Crippen LogP contribution in [0.5, 0.6) is 0 Å². The highest BCUT2D eigenvalue weighted by Crippen LogP contribution is 2.30. The number of allylic oxidation sites excluding steroid dienone is 1. The number of hydrogen-bond acceptors (Lipinski definition) is 2. The summed E-state index contributed by atoms with van der Waals surface area (Å²) in [6, 6.07) is 0. The first-order valence-electron chi connectivity index (χ1n) is 5.34. The number of carbonyl (C=O) groups is 1. The Bertz CT molecular complexity index is 240. The van der Waals surface area contributed by atoms with Crippen molar-refractivity contribution in [1.29, 1.82) is 0 Å². The van der Waals surface area contributed by atoms with Crippen LogP contribution in [0.2, 0.25) is 0 Å². The quantitative estimate of drug-likeness (QED) is 0.681. The molecule has 0 aliphatic rings. The molecule has 0 rings (SSSR count). The zero-order chi connectivity index (χ0) is 12.3. The number of hydrogen-bond donors (Lipinski definition) is 0. The highest BCUT2D eigenvalue weighted by atomic mass is 32.2. The summed E-state index contributed by atoms with van der Waals surface area (Å²) in [4.78, 5) is 11.7. The fourth-order valence-electron chi connectivity index (χ4n) is 1.15. The molecule has 2 heteroatoms. The third-order valence-electron chi connectivity index (χ3n) is 2.27. The molecular formula is C13H24OS. The monoisotopic (exact) mass is 228 g/mol. The van der Waals surface area contributed by atoms with Gasteiger partial charge in [0.05, 0.1) is 0 Å². The molecule has 0 aromatic heterocycles. The van der Waals surface area contributed by atoms with Gasteiger partial charge in [-0.15, -0.1) is 0 Å². The summed E-state index contributed by atoms with van der Waals surface area (Å²) in [6.07, 6.45) is 5.87. The number of thioether (sulfide) groups is 1. The lowest BCUT2D eigenvalue weighted by Gasteiger charge is -2.26. The van der Waals surface area contributed by atoms with E-state index in [1.54, 1.807) is 17.8 Å². The van der Waals surface area contributed by atoms with Crippen molar-refractivity contribution in [2.45, 2.75) is 46.8 Å². The van der Waals surface area contributed by atoms with Crippen molar-refractivity contribution in [3.05, 3.63) is 12.2 Å². The Hall–Kier alpha value is -0.240. The summed E-state index contributed by atoms with van der Waals surface area (Å²) < 4.78 is 0. The zero-order valence-electron chi connectivity index (χ0n) is 11.0. The van der Waals surface area contributed by atoms with Gasteiger partial charge in [-0.1, -0.05) is 47.6 Å². The molecule has 1 unspecified atom stereocenters. The van der Waals surface area contributed by atoms with Crippen molar-refractivity contribution in [3.8, 4) is 0 Å². The van der Waals surface area contributed by atoms with Gasteiger partial charge in [0, 0.05) is 10.7 Å². The largest absolute Gasteiger partial charge is 0.294 e. The molecule has 0 saturated heterocycles. The van der Waals surface area contributed by atoms with Crippen molar-refractivity contribution in [2.24, 2.45) is 10.8 Å². The highest BCUT2D eigenvalue weighted by Gasteiger charge is 2.23. The SMILES string of the molecule is CSC(/C=C/C(=O)C(C)(C)C)C(C)(C)C. The van der Waals surface area contributed by atoms with E-state index < -0.39 is 0 Å². The van der Waals surface area contributed by atoms with Gasteiger partial charge >= 0.3 is 0 Å². The molecule has 0 aromatic rings.